The van der Waals surface area contributed by atoms with Gasteiger partial charge in [-0.05, 0) is 28.8 Å². The number of amides is 2. The molecule has 0 atom stereocenters. The summed E-state index contributed by atoms with van der Waals surface area (Å²) < 4.78 is 0. The summed E-state index contributed by atoms with van der Waals surface area (Å²) in [5.41, 5.74) is 2.50. The third-order valence-corrected chi connectivity index (χ3v) is 4.63. The molecule has 0 aromatic heterocycles. The second-order valence-electron chi connectivity index (χ2n) is 6.42. The Morgan fingerprint density at radius 1 is 0.690 bits per heavy atom. The predicted octanol–water partition coefficient (Wildman–Crippen LogP) is 4.36. The molecule has 146 valence electrons. The highest BCUT2D eigenvalue weighted by molar-refractivity contribution is 6.32. The van der Waals surface area contributed by atoms with E-state index >= 15 is 0 Å². The highest BCUT2D eigenvalue weighted by Crippen LogP contribution is 2.18. The molecular formula is C24H21ClN2O2. The van der Waals surface area contributed by atoms with E-state index in [0.717, 1.165) is 11.1 Å². The molecule has 2 N–H and O–H groups in total. The number of rotatable bonds is 7. The second kappa shape index (κ2) is 10.2. The van der Waals surface area contributed by atoms with Crippen LogP contribution in [0.2, 0.25) is 5.02 Å². The molecule has 0 radical (unpaired) electrons. The van der Waals surface area contributed by atoms with Crippen LogP contribution in [0.4, 0.5) is 0 Å². The zero-order valence-corrected chi connectivity index (χ0v) is 16.5. The molecule has 5 heteroatoms. The number of carbonyl (C=O) groups excluding carboxylic acids is 2. The normalized spacial score (nSPS) is 10.1. The average Bonchev–Trinajstić information content (AvgIpc) is 2.76. The van der Waals surface area contributed by atoms with E-state index < -0.39 is 11.8 Å². The van der Waals surface area contributed by atoms with Gasteiger partial charge in [0.05, 0.1) is 0 Å². The van der Waals surface area contributed by atoms with Crippen molar-refractivity contribution in [3.05, 3.63) is 112 Å². The molecule has 3 aromatic rings. The fraction of sp³-hybridized carbons (Fsp3) is 0.0833. The van der Waals surface area contributed by atoms with E-state index in [9.17, 15) is 9.59 Å². The summed E-state index contributed by atoms with van der Waals surface area (Å²) >= 11 is 6.22. The molecule has 0 saturated heterocycles. The van der Waals surface area contributed by atoms with Gasteiger partial charge in [0.15, 0.2) is 0 Å². The Kier molecular flexibility index (Phi) is 7.20. The highest BCUT2D eigenvalue weighted by Gasteiger charge is 2.18. The van der Waals surface area contributed by atoms with E-state index in [1.165, 1.54) is 6.08 Å². The van der Waals surface area contributed by atoms with Gasteiger partial charge in [-0.25, -0.2) is 0 Å². The first kappa shape index (κ1) is 20.4. The molecule has 2 amide bonds. The lowest BCUT2D eigenvalue weighted by molar-refractivity contribution is -0.123. The predicted molar refractivity (Wildman–Crippen MR) is 116 cm³/mol. The molecule has 0 bridgehead atoms. The van der Waals surface area contributed by atoms with Crippen molar-refractivity contribution in [2.24, 2.45) is 0 Å². The molecule has 0 saturated carbocycles. The monoisotopic (exact) mass is 404 g/mol. The summed E-state index contributed by atoms with van der Waals surface area (Å²) in [6, 6.07) is 26.1. The van der Waals surface area contributed by atoms with Gasteiger partial charge in [0, 0.05) is 18.1 Å². The quantitative estimate of drug-likeness (QED) is 0.349. The standard InChI is InChI=1S/C24H21ClN2O2/c25-22-14-8-7-13-20(22)15-21(23(28)26-16-18-9-3-1-4-10-18)24(29)27-17-19-11-5-2-6-12-19/h1-15H,16-17H2,(H,26,28)(H,27,29). The Morgan fingerprint density at radius 2 is 1.14 bits per heavy atom. The van der Waals surface area contributed by atoms with Crippen LogP contribution in [0.25, 0.3) is 6.08 Å². The summed E-state index contributed by atoms with van der Waals surface area (Å²) in [5.74, 6) is -0.918. The number of carbonyl (C=O) groups is 2. The summed E-state index contributed by atoms with van der Waals surface area (Å²) in [7, 11) is 0. The van der Waals surface area contributed by atoms with Crippen LogP contribution in [0, 0.1) is 0 Å². The van der Waals surface area contributed by atoms with Crippen LogP contribution in [0.3, 0.4) is 0 Å². The number of nitrogens with one attached hydrogen (secondary N) is 2. The van der Waals surface area contributed by atoms with Crippen molar-refractivity contribution in [3.8, 4) is 0 Å². The van der Waals surface area contributed by atoms with E-state index in [2.05, 4.69) is 10.6 Å². The van der Waals surface area contributed by atoms with Crippen LogP contribution in [-0.2, 0) is 22.7 Å². The molecule has 3 aromatic carbocycles. The van der Waals surface area contributed by atoms with Gasteiger partial charge < -0.3 is 10.6 Å². The molecule has 0 fully saturated rings. The minimum absolute atomic E-state index is 0.00459. The van der Waals surface area contributed by atoms with Crippen LogP contribution >= 0.6 is 11.6 Å². The highest BCUT2D eigenvalue weighted by atomic mass is 35.5. The smallest absolute Gasteiger partial charge is 0.257 e. The molecule has 0 aliphatic rings. The molecular weight excluding hydrogens is 384 g/mol. The third-order valence-electron chi connectivity index (χ3n) is 4.29. The largest absolute Gasteiger partial charge is 0.348 e. The van der Waals surface area contributed by atoms with Crippen molar-refractivity contribution in [2.75, 3.05) is 0 Å². The van der Waals surface area contributed by atoms with Gasteiger partial charge in [0.2, 0.25) is 0 Å². The van der Waals surface area contributed by atoms with Crippen LogP contribution in [-0.4, -0.2) is 11.8 Å². The van der Waals surface area contributed by atoms with E-state index in [-0.39, 0.29) is 5.57 Å². The maximum atomic E-state index is 12.8. The minimum atomic E-state index is -0.459. The number of benzene rings is 3. The molecule has 4 nitrogen and oxygen atoms in total. The van der Waals surface area contributed by atoms with Crippen molar-refractivity contribution in [1.29, 1.82) is 0 Å². The van der Waals surface area contributed by atoms with Gasteiger partial charge in [0.25, 0.3) is 11.8 Å². The van der Waals surface area contributed by atoms with Gasteiger partial charge in [0.1, 0.15) is 5.57 Å². The Bertz CT molecular complexity index is 944. The van der Waals surface area contributed by atoms with Crippen molar-refractivity contribution in [2.45, 2.75) is 13.1 Å². The summed E-state index contributed by atoms with van der Waals surface area (Å²) in [6.45, 7) is 0.650. The van der Waals surface area contributed by atoms with Crippen LogP contribution in [0.15, 0.2) is 90.5 Å². The Labute approximate surface area is 175 Å². The number of halogens is 1. The molecule has 0 aliphatic heterocycles. The van der Waals surface area contributed by atoms with Crippen LogP contribution < -0.4 is 10.6 Å². The first-order valence-corrected chi connectivity index (χ1v) is 9.62. The summed E-state index contributed by atoms with van der Waals surface area (Å²) in [4.78, 5) is 25.6. The van der Waals surface area contributed by atoms with Crippen molar-refractivity contribution >= 4 is 29.5 Å². The Balaban J connectivity index is 1.78. The fourth-order valence-electron chi connectivity index (χ4n) is 2.73. The second-order valence-corrected chi connectivity index (χ2v) is 6.82. The lowest BCUT2D eigenvalue weighted by Gasteiger charge is -2.11. The molecule has 0 unspecified atom stereocenters. The van der Waals surface area contributed by atoms with Crippen LogP contribution in [0.1, 0.15) is 16.7 Å². The Morgan fingerprint density at radius 3 is 1.62 bits per heavy atom. The van der Waals surface area contributed by atoms with Gasteiger partial charge >= 0.3 is 0 Å². The molecule has 0 spiro atoms. The first-order chi connectivity index (χ1) is 14.1. The zero-order valence-electron chi connectivity index (χ0n) is 15.8. The molecule has 0 aliphatic carbocycles. The minimum Gasteiger partial charge on any atom is -0.348 e. The lowest BCUT2D eigenvalue weighted by atomic mass is 10.1. The van der Waals surface area contributed by atoms with Crippen molar-refractivity contribution < 1.29 is 9.59 Å². The average molecular weight is 405 g/mol. The lowest BCUT2D eigenvalue weighted by Crippen LogP contribution is -2.34. The molecule has 29 heavy (non-hydrogen) atoms. The number of hydrogen-bond acceptors (Lipinski definition) is 2. The van der Waals surface area contributed by atoms with Gasteiger partial charge in [-0.15, -0.1) is 0 Å². The van der Waals surface area contributed by atoms with E-state index in [1.807, 2.05) is 60.7 Å². The maximum Gasteiger partial charge on any atom is 0.257 e. The zero-order chi connectivity index (χ0) is 20.5. The maximum absolute atomic E-state index is 12.8. The fourth-order valence-corrected chi connectivity index (χ4v) is 2.92. The molecule has 3 rings (SSSR count). The third kappa shape index (κ3) is 6.06. The van der Waals surface area contributed by atoms with Crippen LogP contribution in [0.5, 0.6) is 0 Å². The van der Waals surface area contributed by atoms with Gasteiger partial charge in [-0.3, -0.25) is 9.59 Å². The summed E-state index contributed by atoms with van der Waals surface area (Å²) in [6.07, 6.45) is 1.52. The number of hydrogen-bond donors (Lipinski definition) is 2. The van der Waals surface area contributed by atoms with E-state index in [0.29, 0.717) is 23.7 Å². The molecule has 0 heterocycles. The Hall–Kier alpha value is -3.37. The SMILES string of the molecule is O=C(NCc1ccccc1)C(=Cc1ccccc1Cl)C(=O)NCc1ccccc1. The summed E-state index contributed by atoms with van der Waals surface area (Å²) in [5, 5.41) is 6.08. The van der Waals surface area contributed by atoms with Crippen molar-refractivity contribution in [1.82, 2.24) is 10.6 Å². The van der Waals surface area contributed by atoms with E-state index in [1.54, 1.807) is 24.3 Å². The van der Waals surface area contributed by atoms with Gasteiger partial charge in [-0.1, -0.05) is 90.5 Å². The topological polar surface area (TPSA) is 58.2 Å². The van der Waals surface area contributed by atoms with E-state index in [4.69, 9.17) is 11.6 Å². The first-order valence-electron chi connectivity index (χ1n) is 9.24. The van der Waals surface area contributed by atoms with Gasteiger partial charge in [-0.2, -0.15) is 0 Å². The van der Waals surface area contributed by atoms with Crippen molar-refractivity contribution in [3.63, 3.8) is 0 Å².